The maximum Gasteiger partial charge on any atom is 0.321 e. The molecule has 0 aliphatic heterocycles. The number of rotatable bonds is 6. The average Bonchev–Trinajstić information content (AvgIpc) is 3.28. The van der Waals surface area contributed by atoms with Crippen LogP contribution in [0.25, 0.3) is 11.4 Å². The van der Waals surface area contributed by atoms with Gasteiger partial charge in [-0.25, -0.2) is 4.79 Å². The smallest absolute Gasteiger partial charge is 0.321 e. The lowest BCUT2D eigenvalue weighted by molar-refractivity contribution is 0.245. The second-order valence-corrected chi connectivity index (χ2v) is 6.12. The largest absolute Gasteiger partial charge is 0.337 e. The summed E-state index contributed by atoms with van der Waals surface area (Å²) in [6, 6.07) is 2.83. The van der Waals surface area contributed by atoms with E-state index in [0.29, 0.717) is 17.5 Å². The lowest BCUT2D eigenvalue weighted by atomic mass is 10.1. The minimum absolute atomic E-state index is 0.318. The Balaban J connectivity index is 1.68. The van der Waals surface area contributed by atoms with Crippen molar-refractivity contribution in [1.82, 2.24) is 30.2 Å². The Morgan fingerprint density at radius 1 is 1.33 bits per heavy atom. The van der Waals surface area contributed by atoms with Crippen LogP contribution in [0.2, 0.25) is 0 Å². The molecular formula is C18H23N7O2. The molecule has 9 heteroatoms. The zero-order valence-electron chi connectivity index (χ0n) is 15.9. The minimum atomic E-state index is -0.452. The van der Waals surface area contributed by atoms with E-state index in [9.17, 15) is 4.79 Å². The first kappa shape index (κ1) is 18.6. The van der Waals surface area contributed by atoms with E-state index in [1.54, 1.807) is 30.1 Å². The van der Waals surface area contributed by atoms with Crippen LogP contribution in [0.5, 0.6) is 0 Å². The van der Waals surface area contributed by atoms with Crippen molar-refractivity contribution in [3.8, 4) is 11.4 Å². The molecule has 0 saturated carbocycles. The van der Waals surface area contributed by atoms with Crippen molar-refractivity contribution in [1.29, 1.82) is 0 Å². The fourth-order valence-electron chi connectivity index (χ4n) is 2.86. The molecule has 1 atom stereocenters. The lowest BCUT2D eigenvalue weighted by Gasteiger charge is -2.12. The van der Waals surface area contributed by atoms with Crippen molar-refractivity contribution in [3.05, 3.63) is 41.7 Å². The molecule has 3 rings (SSSR count). The summed E-state index contributed by atoms with van der Waals surface area (Å²) < 4.78 is 6.96. The van der Waals surface area contributed by atoms with Crippen LogP contribution < -0.4 is 10.6 Å². The molecule has 9 nitrogen and oxygen atoms in total. The molecule has 2 amide bonds. The maximum atomic E-state index is 12.4. The van der Waals surface area contributed by atoms with Gasteiger partial charge in [-0.3, -0.25) is 15.0 Å². The normalized spacial score (nSPS) is 12.0. The van der Waals surface area contributed by atoms with Gasteiger partial charge in [0.05, 0.1) is 5.69 Å². The van der Waals surface area contributed by atoms with Gasteiger partial charge in [-0.15, -0.1) is 0 Å². The summed E-state index contributed by atoms with van der Waals surface area (Å²) in [5.41, 5.74) is 2.78. The van der Waals surface area contributed by atoms with Crippen molar-refractivity contribution in [3.63, 3.8) is 0 Å². The fraction of sp³-hybridized carbons (Fsp3) is 0.389. The number of nitrogens with zero attached hydrogens (tertiary/aromatic N) is 5. The molecule has 0 aromatic carbocycles. The van der Waals surface area contributed by atoms with Crippen LogP contribution in [-0.4, -0.2) is 30.9 Å². The van der Waals surface area contributed by atoms with Crippen molar-refractivity contribution in [2.75, 3.05) is 5.32 Å². The minimum Gasteiger partial charge on any atom is -0.337 e. The standard InChI is InChI=1S/C18H23N7O2/c1-5-13-14(6-2)23-25(4)16(13)22-18(26)20-11(3)17-21-15(24-27-17)12-8-7-9-19-10-12/h7-11H,5-6H2,1-4H3,(H2,20,22,26)/t11-/m1/s1. The second kappa shape index (κ2) is 7.98. The molecular weight excluding hydrogens is 346 g/mol. The number of aryl methyl sites for hydroxylation is 2. The summed E-state index contributed by atoms with van der Waals surface area (Å²) in [6.07, 6.45) is 4.93. The molecule has 0 radical (unpaired) electrons. The molecule has 142 valence electrons. The predicted molar refractivity (Wildman–Crippen MR) is 100 cm³/mol. The lowest BCUT2D eigenvalue weighted by Crippen LogP contribution is -2.32. The van der Waals surface area contributed by atoms with Crippen molar-refractivity contribution < 1.29 is 9.32 Å². The third-order valence-electron chi connectivity index (χ3n) is 4.23. The number of hydrogen-bond acceptors (Lipinski definition) is 6. The molecule has 0 unspecified atom stereocenters. The first-order valence-electron chi connectivity index (χ1n) is 8.89. The van der Waals surface area contributed by atoms with Crippen LogP contribution in [0.4, 0.5) is 10.6 Å². The Morgan fingerprint density at radius 3 is 2.81 bits per heavy atom. The number of anilines is 1. The number of carbonyl (C=O) groups is 1. The van der Waals surface area contributed by atoms with Crippen LogP contribution in [0.3, 0.4) is 0 Å². The van der Waals surface area contributed by atoms with Gasteiger partial charge in [0.25, 0.3) is 0 Å². The Bertz CT molecular complexity index is 917. The molecule has 0 saturated heterocycles. The first-order chi connectivity index (χ1) is 13.0. The highest BCUT2D eigenvalue weighted by molar-refractivity contribution is 5.89. The summed E-state index contributed by atoms with van der Waals surface area (Å²) in [5, 5.41) is 14.1. The van der Waals surface area contributed by atoms with Gasteiger partial charge in [-0.05, 0) is 31.9 Å². The quantitative estimate of drug-likeness (QED) is 0.691. The number of nitrogens with one attached hydrogen (secondary N) is 2. The highest BCUT2D eigenvalue weighted by Gasteiger charge is 2.20. The van der Waals surface area contributed by atoms with Crippen LogP contribution in [0, 0.1) is 0 Å². The van der Waals surface area contributed by atoms with Gasteiger partial charge in [0, 0.05) is 30.6 Å². The van der Waals surface area contributed by atoms with Gasteiger partial charge in [-0.2, -0.15) is 10.1 Å². The summed E-state index contributed by atoms with van der Waals surface area (Å²) in [6.45, 7) is 5.87. The zero-order chi connectivity index (χ0) is 19.4. The number of aromatic nitrogens is 5. The molecule has 3 aromatic rings. The van der Waals surface area contributed by atoms with Gasteiger partial charge < -0.3 is 9.84 Å². The molecule has 0 spiro atoms. The zero-order valence-corrected chi connectivity index (χ0v) is 15.9. The number of amides is 2. The Hall–Kier alpha value is -3.23. The molecule has 3 heterocycles. The maximum absolute atomic E-state index is 12.4. The molecule has 27 heavy (non-hydrogen) atoms. The summed E-state index contributed by atoms with van der Waals surface area (Å²) in [5.74, 6) is 1.44. The van der Waals surface area contributed by atoms with Crippen molar-refractivity contribution >= 4 is 11.8 Å². The monoisotopic (exact) mass is 369 g/mol. The number of urea groups is 1. The van der Waals surface area contributed by atoms with Crippen LogP contribution in [0.1, 0.15) is 44.0 Å². The average molecular weight is 369 g/mol. The third-order valence-corrected chi connectivity index (χ3v) is 4.23. The molecule has 0 aliphatic rings. The highest BCUT2D eigenvalue weighted by Crippen LogP contribution is 2.21. The van der Waals surface area contributed by atoms with Crippen LogP contribution in [0.15, 0.2) is 29.0 Å². The van der Waals surface area contributed by atoms with Gasteiger partial charge >= 0.3 is 6.03 Å². The highest BCUT2D eigenvalue weighted by atomic mass is 16.5. The Labute approximate surface area is 157 Å². The van der Waals surface area contributed by atoms with E-state index < -0.39 is 6.04 Å². The SMILES string of the molecule is CCc1nn(C)c(NC(=O)N[C@H](C)c2nc(-c3cccnc3)no2)c1CC. The predicted octanol–water partition coefficient (Wildman–Crippen LogP) is 2.87. The molecule has 0 aliphatic carbocycles. The number of hydrogen-bond donors (Lipinski definition) is 2. The van der Waals surface area contributed by atoms with Crippen molar-refractivity contribution in [2.24, 2.45) is 7.05 Å². The topological polar surface area (TPSA) is 111 Å². The fourth-order valence-corrected chi connectivity index (χ4v) is 2.86. The van der Waals surface area contributed by atoms with E-state index >= 15 is 0 Å². The van der Waals surface area contributed by atoms with E-state index in [0.717, 1.165) is 29.7 Å². The molecule has 2 N–H and O–H groups in total. The van der Waals surface area contributed by atoms with Crippen LogP contribution in [-0.2, 0) is 19.9 Å². The van der Waals surface area contributed by atoms with Crippen molar-refractivity contribution in [2.45, 2.75) is 39.7 Å². The van der Waals surface area contributed by atoms with Crippen LogP contribution >= 0.6 is 0 Å². The Morgan fingerprint density at radius 2 is 2.15 bits per heavy atom. The van der Waals surface area contributed by atoms with Gasteiger partial charge in [-0.1, -0.05) is 19.0 Å². The summed E-state index contributed by atoms with van der Waals surface area (Å²) >= 11 is 0. The molecule has 3 aromatic heterocycles. The molecule has 0 bridgehead atoms. The second-order valence-electron chi connectivity index (χ2n) is 6.12. The van der Waals surface area contributed by atoms with Gasteiger partial charge in [0.15, 0.2) is 0 Å². The number of carbonyl (C=O) groups excluding carboxylic acids is 1. The van der Waals surface area contributed by atoms with Gasteiger partial charge in [0.2, 0.25) is 11.7 Å². The number of pyridine rings is 1. The Kier molecular flexibility index (Phi) is 5.49. The van der Waals surface area contributed by atoms with E-state index in [1.165, 1.54) is 0 Å². The first-order valence-corrected chi connectivity index (χ1v) is 8.89. The van der Waals surface area contributed by atoms with E-state index in [1.807, 2.05) is 27.0 Å². The summed E-state index contributed by atoms with van der Waals surface area (Å²) in [4.78, 5) is 20.8. The van der Waals surface area contributed by atoms with E-state index in [-0.39, 0.29) is 6.03 Å². The molecule has 0 fully saturated rings. The van der Waals surface area contributed by atoms with Gasteiger partial charge in [0.1, 0.15) is 11.9 Å². The summed E-state index contributed by atoms with van der Waals surface area (Å²) in [7, 11) is 1.82. The van der Waals surface area contributed by atoms with E-state index in [2.05, 4.69) is 30.9 Å². The third kappa shape index (κ3) is 3.97. The van der Waals surface area contributed by atoms with E-state index in [4.69, 9.17) is 4.52 Å².